The van der Waals surface area contributed by atoms with E-state index in [9.17, 15) is 20.2 Å². The van der Waals surface area contributed by atoms with Gasteiger partial charge in [0.25, 0.3) is 5.69 Å². The third-order valence-electron chi connectivity index (χ3n) is 4.96. The number of hydrogen-bond acceptors (Lipinski definition) is 7. The first-order valence-electron chi connectivity index (χ1n) is 9.41. The predicted octanol–water partition coefficient (Wildman–Crippen LogP) is 5.45. The number of benzene rings is 3. The summed E-state index contributed by atoms with van der Waals surface area (Å²) in [6, 6.07) is 17.7. The van der Waals surface area contributed by atoms with Crippen molar-refractivity contribution < 1.29 is 19.2 Å². The van der Waals surface area contributed by atoms with E-state index in [0.717, 1.165) is 16.1 Å². The van der Waals surface area contributed by atoms with E-state index < -0.39 is 16.8 Å². The predicted molar refractivity (Wildman–Crippen MR) is 123 cm³/mol. The molecule has 1 aliphatic heterocycles. The zero-order chi connectivity index (χ0) is 23.7. The molecule has 33 heavy (non-hydrogen) atoms. The number of allylic oxidation sites excluding steroid dienone is 1. The molecule has 0 fully saturated rings. The molecule has 164 valence electrons. The molecule has 0 aliphatic carbocycles. The number of nitro groups is 1. The Morgan fingerprint density at radius 1 is 1.21 bits per heavy atom. The molecule has 10 heteroatoms. The van der Waals surface area contributed by atoms with Crippen LogP contribution in [-0.2, 0) is 0 Å². The average Bonchev–Trinajstić information content (AvgIpc) is 2.78. The number of carbonyl (C=O) groups excluding carboxylic acids is 1. The molecule has 0 saturated heterocycles. The van der Waals surface area contributed by atoms with Gasteiger partial charge in [-0.15, -0.1) is 0 Å². The Kier molecular flexibility index (Phi) is 6.05. The van der Waals surface area contributed by atoms with E-state index in [1.165, 1.54) is 24.3 Å². The van der Waals surface area contributed by atoms with Gasteiger partial charge in [-0.25, -0.2) is 4.79 Å². The Bertz CT molecular complexity index is 1380. The van der Waals surface area contributed by atoms with Gasteiger partial charge >= 0.3 is 5.97 Å². The fourth-order valence-corrected chi connectivity index (χ4v) is 4.09. The highest BCUT2D eigenvalue weighted by molar-refractivity contribution is 9.10. The average molecular weight is 527 g/mol. The lowest BCUT2D eigenvalue weighted by atomic mass is 9.83. The monoisotopic (exact) mass is 525 g/mol. The van der Waals surface area contributed by atoms with Crippen LogP contribution in [0.25, 0.3) is 0 Å². The minimum atomic E-state index is -0.871. The van der Waals surface area contributed by atoms with Crippen molar-refractivity contribution in [1.29, 1.82) is 5.26 Å². The Morgan fingerprint density at radius 2 is 2.00 bits per heavy atom. The topological polar surface area (TPSA) is 128 Å². The molecule has 1 atom stereocenters. The molecule has 0 spiro atoms. The molecule has 0 aromatic heterocycles. The molecule has 1 unspecified atom stereocenters. The van der Waals surface area contributed by atoms with E-state index >= 15 is 0 Å². The minimum absolute atomic E-state index is 0.0142. The molecule has 8 nitrogen and oxygen atoms in total. The Morgan fingerprint density at radius 3 is 2.70 bits per heavy atom. The van der Waals surface area contributed by atoms with Crippen LogP contribution in [0.3, 0.4) is 0 Å². The van der Waals surface area contributed by atoms with Crippen molar-refractivity contribution in [2.24, 2.45) is 5.73 Å². The molecule has 0 radical (unpaired) electrons. The molecule has 1 heterocycles. The van der Waals surface area contributed by atoms with E-state index in [4.69, 9.17) is 26.8 Å². The molecule has 0 saturated carbocycles. The van der Waals surface area contributed by atoms with Gasteiger partial charge in [0.2, 0.25) is 5.88 Å². The standard InChI is InChI=1S/C23H13BrClN3O5/c24-13-3-1-2-12(8-13)21-16-6-5-15(10-20(16)33-22(27)18(21)11-26)32-23(29)17-9-14(28(30)31)4-7-19(17)25/h1-10,21H,27H2. The minimum Gasteiger partial charge on any atom is -0.440 e. The fraction of sp³-hybridized carbons (Fsp3) is 0.0435. The zero-order valence-electron chi connectivity index (χ0n) is 16.6. The molecule has 2 N–H and O–H groups in total. The fourth-order valence-electron chi connectivity index (χ4n) is 3.47. The van der Waals surface area contributed by atoms with E-state index in [1.807, 2.05) is 24.3 Å². The molecule has 0 bridgehead atoms. The van der Waals surface area contributed by atoms with Crippen molar-refractivity contribution in [3.05, 3.63) is 108 Å². The van der Waals surface area contributed by atoms with Crippen molar-refractivity contribution in [1.82, 2.24) is 0 Å². The summed E-state index contributed by atoms with van der Waals surface area (Å²) in [6.07, 6.45) is 0. The van der Waals surface area contributed by atoms with Crippen molar-refractivity contribution in [3.8, 4) is 17.6 Å². The van der Waals surface area contributed by atoms with Gasteiger partial charge in [0.15, 0.2) is 0 Å². The molecular weight excluding hydrogens is 514 g/mol. The SMILES string of the molecule is N#CC1=C(N)Oc2cc(OC(=O)c3cc([N+](=O)[O-])ccc3Cl)ccc2C1c1cccc(Br)c1. The van der Waals surface area contributed by atoms with Crippen LogP contribution in [0.4, 0.5) is 5.69 Å². The second-order valence-corrected chi connectivity index (χ2v) is 8.31. The van der Waals surface area contributed by atoms with Crippen molar-refractivity contribution in [3.63, 3.8) is 0 Å². The summed E-state index contributed by atoms with van der Waals surface area (Å²) in [6.45, 7) is 0. The van der Waals surface area contributed by atoms with Gasteiger partial charge in [0.1, 0.15) is 23.1 Å². The number of esters is 1. The van der Waals surface area contributed by atoms with Crippen LogP contribution in [-0.4, -0.2) is 10.9 Å². The summed E-state index contributed by atoms with van der Waals surface area (Å²) >= 11 is 9.46. The number of ether oxygens (including phenoxy) is 2. The molecular formula is C23H13BrClN3O5. The number of rotatable bonds is 4. The second kappa shape index (κ2) is 8.94. The maximum atomic E-state index is 12.6. The van der Waals surface area contributed by atoms with Gasteiger partial charge in [-0.05, 0) is 29.8 Å². The first-order chi connectivity index (χ1) is 15.8. The number of nitrogens with two attached hydrogens (primary N) is 1. The molecule has 3 aromatic rings. The first kappa shape index (κ1) is 22.3. The highest BCUT2D eigenvalue weighted by Gasteiger charge is 2.31. The van der Waals surface area contributed by atoms with Crippen LogP contribution in [0.1, 0.15) is 27.4 Å². The van der Waals surface area contributed by atoms with E-state index in [2.05, 4.69) is 22.0 Å². The summed E-state index contributed by atoms with van der Waals surface area (Å²) in [7, 11) is 0. The largest absolute Gasteiger partial charge is 0.440 e. The number of nitro benzene ring substituents is 1. The van der Waals surface area contributed by atoms with Crippen LogP contribution < -0.4 is 15.2 Å². The van der Waals surface area contributed by atoms with Gasteiger partial charge in [-0.2, -0.15) is 5.26 Å². The van der Waals surface area contributed by atoms with Gasteiger partial charge < -0.3 is 15.2 Å². The Hall–Kier alpha value is -3.87. The number of halogens is 2. The van der Waals surface area contributed by atoms with Crippen molar-refractivity contribution in [2.45, 2.75) is 5.92 Å². The van der Waals surface area contributed by atoms with Gasteiger partial charge in [0, 0.05) is 28.2 Å². The number of nitrogens with zero attached hydrogens (tertiary/aromatic N) is 2. The van der Waals surface area contributed by atoms with Gasteiger partial charge in [-0.3, -0.25) is 10.1 Å². The van der Waals surface area contributed by atoms with Gasteiger partial charge in [0.05, 0.1) is 21.4 Å². The van der Waals surface area contributed by atoms with Crippen LogP contribution in [0.5, 0.6) is 11.5 Å². The molecule has 0 amide bonds. The molecule has 3 aromatic carbocycles. The van der Waals surface area contributed by atoms with Crippen molar-refractivity contribution in [2.75, 3.05) is 0 Å². The highest BCUT2D eigenvalue weighted by atomic mass is 79.9. The van der Waals surface area contributed by atoms with Crippen LogP contribution in [0, 0.1) is 21.4 Å². The number of hydrogen-bond donors (Lipinski definition) is 1. The highest BCUT2D eigenvalue weighted by Crippen LogP contribution is 2.44. The second-order valence-electron chi connectivity index (χ2n) is 6.99. The van der Waals surface area contributed by atoms with Crippen LogP contribution in [0.2, 0.25) is 5.02 Å². The smallest absolute Gasteiger partial charge is 0.345 e. The molecule has 1 aliphatic rings. The lowest BCUT2D eigenvalue weighted by Crippen LogP contribution is -2.21. The lowest BCUT2D eigenvalue weighted by molar-refractivity contribution is -0.384. The number of carbonyl (C=O) groups is 1. The zero-order valence-corrected chi connectivity index (χ0v) is 19.0. The Labute approximate surface area is 201 Å². The normalized spacial score (nSPS) is 14.6. The van der Waals surface area contributed by atoms with E-state index in [1.54, 1.807) is 6.07 Å². The third-order valence-corrected chi connectivity index (χ3v) is 5.79. The Balaban J connectivity index is 1.69. The maximum absolute atomic E-state index is 12.6. The quantitative estimate of drug-likeness (QED) is 0.207. The van der Waals surface area contributed by atoms with E-state index in [-0.39, 0.29) is 33.5 Å². The summed E-state index contributed by atoms with van der Waals surface area (Å²) in [4.78, 5) is 23.0. The summed E-state index contributed by atoms with van der Waals surface area (Å²) in [5.74, 6) is -0.980. The molecule has 4 rings (SSSR count). The van der Waals surface area contributed by atoms with Crippen LogP contribution in [0.15, 0.2) is 76.6 Å². The lowest BCUT2D eigenvalue weighted by Gasteiger charge is -2.26. The summed E-state index contributed by atoms with van der Waals surface area (Å²) in [5.41, 5.74) is 7.31. The number of nitriles is 1. The van der Waals surface area contributed by atoms with Gasteiger partial charge in [-0.1, -0.05) is 45.7 Å². The van der Waals surface area contributed by atoms with Crippen LogP contribution >= 0.6 is 27.5 Å². The maximum Gasteiger partial charge on any atom is 0.345 e. The summed E-state index contributed by atoms with van der Waals surface area (Å²) in [5, 5.41) is 20.7. The third kappa shape index (κ3) is 4.39. The number of non-ortho nitro benzene ring substituents is 1. The number of fused-ring (bicyclic) bond motifs is 1. The van der Waals surface area contributed by atoms with E-state index in [0.29, 0.717) is 11.3 Å². The van der Waals surface area contributed by atoms with Crippen molar-refractivity contribution >= 4 is 39.2 Å². The first-order valence-corrected chi connectivity index (χ1v) is 10.6. The summed E-state index contributed by atoms with van der Waals surface area (Å²) < 4.78 is 11.8.